The maximum Gasteiger partial charge on any atom is 0.138 e. The van der Waals surface area contributed by atoms with E-state index in [9.17, 15) is 0 Å². The molecule has 0 aromatic heterocycles. The number of nitrogens with one attached hydrogen (secondary N) is 1. The van der Waals surface area contributed by atoms with E-state index < -0.39 is 0 Å². The Morgan fingerprint density at radius 1 is 1.53 bits per heavy atom. The molecule has 3 nitrogen and oxygen atoms in total. The lowest BCUT2D eigenvalue weighted by Crippen LogP contribution is -2.16. The van der Waals surface area contributed by atoms with Gasteiger partial charge < -0.3 is 14.8 Å². The molecule has 17 heavy (non-hydrogen) atoms. The van der Waals surface area contributed by atoms with Gasteiger partial charge in [-0.05, 0) is 31.7 Å². The maximum atomic E-state index is 6.22. The van der Waals surface area contributed by atoms with E-state index in [0.29, 0.717) is 11.6 Å². The van der Waals surface area contributed by atoms with E-state index in [1.54, 1.807) is 0 Å². The van der Waals surface area contributed by atoms with E-state index in [1.165, 1.54) is 0 Å². The number of halogens is 1. The van der Waals surface area contributed by atoms with Gasteiger partial charge in [0.2, 0.25) is 0 Å². The molecule has 1 heterocycles. The van der Waals surface area contributed by atoms with Crippen LogP contribution in [-0.2, 0) is 4.74 Å². The van der Waals surface area contributed by atoms with Crippen LogP contribution in [0.5, 0.6) is 5.75 Å². The first kappa shape index (κ1) is 12.7. The molecule has 1 aliphatic rings. The van der Waals surface area contributed by atoms with Gasteiger partial charge in [-0.15, -0.1) is 0 Å². The van der Waals surface area contributed by atoms with E-state index in [0.717, 1.165) is 24.3 Å². The Morgan fingerprint density at radius 3 is 2.94 bits per heavy atom. The molecular formula is C13H18ClNO2. The first-order valence-corrected chi connectivity index (χ1v) is 6.29. The van der Waals surface area contributed by atoms with Crippen LogP contribution in [0, 0.1) is 0 Å². The van der Waals surface area contributed by atoms with Crippen molar-refractivity contribution in [1.29, 1.82) is 0 Å². The summed E-state index contributed by atoms with van der Waals surface area (Å²) in [6, 6.07) is 6.21. The van der Waals surface area contributed by atoms with Gasteiger partial charge in [-0.1, -0.05) is 17.7 Å². The van der Waals surface area contributed by atoms with Crippen LogP contribution in [0.2, 0.25) is 5.02 Å². The second-order valence-electron chi connectivity index (χ2n) is 4.30. The molecule has 0 radical (unpaired) electrons. The fourth-order valence-electron chi connectivity index (χ4n) is 1.83. The minimum absolute atomic E-state index is 0.139. The van der Waals surface area contributed by atoms with Gasteiger partial charge in [0.05, 0.1) is 18.2 Å². The molecule has 0 bridgehead atoms. The van der Waals surface area contributed by atoms with Gasteiger partial charge in [0.25, 0.3) is 0 Å². The maximum absolute atomic E-state index is 6.22. The molecule has 2 rings (SSSR count). The Morgan fingerprint density at radius 2 is 2.35 bits per heavy atom. The highest BCUT2D eigenvalue weighted by molar-refractivity contribution is 6.32. The van der Waals surface area contributed by atoms with E-state index in [2.05, 4.69) is 12.2 Å². The lowest BCUT2D eigenvalue weighted by atomic mass is 10.1. The topological polar surface area (TPSA) is 30.5 Å². The number of hydrogen-bond donors (Lipinski definition) is 1. The molecule has 1 aromatic rings. The van der Waals surface area contributed by atoms with Gasteiger partial charge in [0.15, 0.2) is 0 Å². The van der Waals surface area contributed by atoms with Crippen LogP contribution < -0.4 is 10.1 Å². The Labute approximate surface area is 107 Å². The minimum Gasteiger partial charge on any atom is -0.486 e. The molecule has 1 saturated heterocycles. The summed E-state index contributed by atoms with van der Waals surface area (Å²) in [5.41, 5.74) is 1.16. The Bertz CT molecular complexity index is 378. The predicted octanol–water partition coefficient (Wildman–Crippen LogP) is 2.79. The molecule has 1 aromatic carbocycles. The van der Waals surface area contributed by atoms with E-state index in [-0.39, 0.29) is 12.1 Å². The summed E-state index contributed by atoms with van der Waals surface area (Å²) in [5, 5.41) is 3.84. The average Bonchev–Trinajstić information content (AvgIpc) is 2.83. The van der Waals surface area contributed by atoms with Gasteiger partial charge in [-0.25, -0.2) is 0 Å². The number of rotatable bonds is 4. The Kier molecular flexibility index (Phi) is 4.26. The summed E-state index contributed by atoms with van der Waals surface area (Å²) in [6.07, 6.45) is 1.07. The fraction of sp³-hybridized carbons (Fsp3) is 0.538. The highest BCUT2D eigenvalue weighted by atomic mass is 35.5. The van der Waals surface area contributed by atoms with E-state index >= 15 is 0 Å². The van der Waals surface area contributed by atoms with Crippen molar-refractivity contribution in [2.75, 3.05) is 20.3 Å². The van der Waals surface area contributed by atoms with Crippen molar-refractivity contribution in [2.45, 2.75) is 25.5 Å². The van der Waals surface area contributed by atoms with Crippen LogP contribution in [0.25, 0.3) is 0 Å². The molecule has 2 atom stereocenters. The van der Waals surface area contributed by atoms with Crippen molar-refractivity contribution in [3.05, 3.63) is 28.8 Å². The molecule has 0 saturated carbocycles. The monoisotopic (exact) mass is 255 g/mol. The van der Waals surface area contributed by atoms with Crippen LogP contribution >= 0.6 is 11.6 Å². The van der Waals surface area contributed by atoms with Gasteiger partial charge >= 0.3 is 0 Å². The lowest BCUT2D eigenvalue weighted by Gasteiger charge is -2.16. The second kappa shape index (κ2) is 5.71. The SMILES string of the molecule is CNC(C)c1ccc(OC2CCOC2)c(Cl)c1. The van der Waals surface area contributed by atoms with Crippen molar-refractivity contribution in [3.63, 3.8) is 0 Å². The molecule has 2 unspecified atom stereocenters. The Balaban J connectivity index is 2.08. The zero-order chi connectivity index (χ0) is 12.3. The first-order chi connectivity index (χ1) is 8.20. The summed E-state index contributed by atoms with van der Waals surface area (Å²) >= 11 is 6.22. The summed E-state index contributed by atoms with van der Waals surface area (Å²) in [5.74, 6) is 0.745. The molecule has 0 aliphatic carbocycles. The van der Waals surface area contributed by atoms with E-state index in [4.69, 9.17) is 21.1 Å². The predicted molar refractivity (Wildman–Crippen MR) is 68.8 cm³/mol. The number of ether oxygens (including phenoxy) is 2. The second-order valence-corrected chi connectivity index (χ2v) is 4.71. The third-order valence-electron chi connectivity index (χ3n) is 3.07. The third-order valence-corrected chi connectivity index (χ3v) is 3.37. The third kappa shape index (κ3) is 3.12. The van der Waals surface area contributed by atoms with E-state index in [1.807, 2.05) is 25.2 Å². The van der Waals surface area contributed by atoms with Gasteiger partial charge in [0.1, 0.15) is 11.9 Å². The van der Waals surface area contributed by atoms with Crippen LogP contribution in [0.1, 0.15) is 24.9 Å². The van der Waals surface area contributed by atoms with Crippen LogP contribution in [-0.4, -0.2) is 26.4 Å². The van der Waals surface area contributed by atoms with Crippen molar-refractivity contribution in [2.24, 2.45) is 0 Å². The zero-order valence-corrected chi connectivity index (χ0v) is 11.0. The van der Waals surface area contributed by atoms with Crippen LogP contribution in [0.3, 0.4) is 0 Å². The zero-order valence-electron chi connectivity index (χ0n) is 10.2. The summed E-state index contributed by atoms with van der Waals surface area (Å²) in [4.78, 5) is 0. The summed E-state index contributed by atoms with van der Waals surface area (Å²) in [7, 11) is 1.93. The molecule has 4 heteroatoms. The molecule has 1 N–H and O–H groups in total. The molecule has 0 spiro atoms. The molecule has 1 aliphatic heterocycles. The smallest absolute Gasteiger partial charge is 0.138 e. The molecule has 1 fully saturated rings. The lowest BCUT2D eigenvalue weighted by molar-refractivity contribution is 0.141. The highest BCUT2D eigenvalue weighted by Gasteiger charge is 2.18. The molecule has 94 valence electrons. The summed E-state index contributed by atoms with van der Waals surface area (Å²) in [6.45, 7) is 3.53. The van der Waals surface area contributed by atoms with Gasteiger partial charge in [-0.2, -0.15) is 0 Å². The molecule has 0 amide bonds. The summed E-state index contributed by atoms with van der Waals surface area (Å²) < 4.78 is 11.1. The first-order valence-electron chi connectivity index (χ1n) is 5.92. The fourth-order valence-corrected chi connectivity index (χ4v) is 2.07. The average molecular weight is 256 g/mol. The Hall–Kier alpha value is -0.770. The quantitative estimate of drug-likeness (QED) is 0.898. The minimum atomic E-state index is 0.139. The number of hydrogen-bond acceptors (Lipinski definition) is 3. The van der Waals surface area contributed by atoms with Crippen molar-refractivity contribution < 1.29 is 9.47 Å². The number of benzene rings is 1. The molecular weight excluding hydrogens is 238 g/mol. The van der Waals surface area contributed by atoms with Crippen molar-refractivity contribution in [3.8, 4) is 5.75 Å². The standard InChI is InChI=1S/C13H18ClNO2/c1-9(15-2)10-3-4-13(12(14)7-10)17-11-5-6-16-8-11/h3-4,7,9,11,15H,5-6,8H2,1-2H3. The largest absolute Gasteiger partial charge is 0.486 e. The van der Waals surface area contributed by atoms with Gasteiger partial charge in [0, 0.05) is 12.5 Å². The van der Waals surface area contributed by atoms with Crippen LogP contribution in [0.15, 0.2) is 18.2 Å². The van der Waals surface area contributed by atoms with Gasteiger partial charge in [-0.3, -0.25) is 0 Å². The highest BCUT2D eigenvalue weighted by Crippen LogP contribution is 2.29. The van der Waals surface area contributed by atoms with Crippen molar-refractivity contribution in [1.82, 2.24) is 5.32 Å². The normalized spacial score (nSPS) is 21.5. The van der Waals surface area contributed by atoms with Crippen LogP contribution in [0.4, 0.5) is 0 Å². The van der Waals surface area contributed by atoms with Crippen molar-refractivity contribution >= 4 is 11.6 Å².